The monoisotopic (exact) mass is 248 g/mol. The molecular formula is C13H18N3O2-. The van der Waals surface area contributed by atoms with E-state index < -0.39 is 0 Å². The SMILES string of the molecule is CCCNc1ccc(C(=O)NC2CC2)cc1N[O-]. The minimum Gasteiger partial charge on any atom is -0.761 e. The van der Waals surface area contributed by atoms with Crippen molar-refractivity contribution < 1.29 is 4.79 Å². The zero-order chi connectivity index (χ0) is 13.0. The number of carbonyl (C=O) groups is 1. The van der Waals surface area contributed by atoms with Crippen molar-refractivity contribution in [1.29, 1.82) is 0 Å². The summed E-state index contributed by atoms with van der Waals surface area (Å²) in [5.74, 6) is -0.115. The van der Waals surface area contributed by atoms with Gasteiger partial charge in [0.05, 0.1) is 5.69 Å². The van der Waals surface area contributed by atoms with Crippen LogP contribution in [0.2, 0.25) is 0 Å². The number of anilines is 2. The van der Waals surface area contributed by atoms with E-state index in [-0.39, 0.29) is 5.91 Å². The van der Waals surface area contributed by atoms with Crippen LogP contribution in [0.3, 0.4) is 0 Å². The van der Waals surface area contributed by atoms with Gasteiger partial charge in [-0.25, -0.2) is 0 Å². The summed E-state index contributed by atoms with van der Waals surface area (Å²) in [5, 5.41) is 16.9. The summed E-state index contributed by atoms with van der Waals surface area (Å²) < 4.78 is 0. The maximum atomic E-state index is 11.8. The van der Waals surface area contributed by atoms with E-state index in [4.69, 9.17) is 0 Å². The second kappa shape index (κ2) is 5.73. The van der Waals surface area contributed by atoms with Gasteiger partial charge in [-0.15, -0.1) is 0 Å². The lowest BCUT2D eigenvalue weighted by Gasteiger charge is -2.17. The molecule has 1 fully saturated rings. The number of carbonyl (C=O) groups excluding carboxylic acids is 1. The molecule has 0 saturated heterocycles. The van der Waals surface area contributed by atoms with E-state index >= 15 is 0 Å². The maximum Gasteiger partial charge on any atom is 0.251 e. The lowest BCUT2D eigenvalue weighted by molar-refractivity contribution is 0.0951. The first kappa shape index (κ1) is 12.7. The first-order valence-electron chi connectivity index (χ1n) is 6.31. The lowest BCUT2D eigenvalue weighted by atomic mass is 10.1. The van der Waals surface area contributed by atoms with E-state index in [9.17, 15) is 10.0 Å². The van der Waals surface area contributed by atoms with Gasteiger partial charge in [-0.2, -0.15) is 0 Å². The number of amides is 1. The molecule has 0 aromatic heterocycles. The molecule has 1 aromatic carbocycles. The summed E-state index contributed by atoms with van der Waals surface area (Å²) in [4.78, 5) is 11.8. The Bertz CT molecular complexity index is 430. The van der Waals surface area contributed by atoms with Gasteiger partial charge in [-0.05, 0) is 37.5 Å². The van der Waals surface area contributed by atoms with E-state index in [2.05, 4.69) is 17.6 Å². The minimum atomic E-state index is -0.115. The Labute approximate surface area is 107 Å². The molecule has 1 saturated carbocycles. The molecule has 0 spiro atoms. The average molecular weight is 248 g/mol. The van der Waals surface area contributed by atoms with Crippen LogP contribution in [0.1, 0.15) is 36.5 Å². The van der Waals surface area contributed by atoms with Gasteiger partial charge < -0.3 is 21.3 Å². The zero-order valence-electron chi connectivity index (χ0n) is 10.5. The van der Waals surface area contributed by atoms with Crippen molar-refractivity contribution in [1.82, 2.24) is 5.32 Å². The third kappa shape index (κ3) is 3.13. The third-order valence-electron chi connectivity index (χ3n) is 2.87. The molecule has 0 aliphatic heterocycles. The molecule has 0 radical (unpaired) electrons. The smallest absolute Gasteiger partial charge is 0.251 e. The fraction of sp³-hybridized carbons (Fsp3) is 0.462. The number of hydrogen-bond donors (Lipinski definition) is 3. The Morgan fingerprint density at radius 3 is 2.78 bits per heavy atom. The van der Waals surface area contributed by atoms with Crippen LogP contribution in [-0.4, -0.2) is 18.5 Å². The van der Waals surface area contributed by atoms with Gasteiger partial charge in [0.15, 0.2) is 0 Å². The quantitative estimate of drug-likeness (QED) is 0.675. The number of rotatable bonds is 6. The van der Waals surface area contributed by atoms with Crippen LogP contribution < -0.4 is 16.1 Å². The van der Waals surface area contributed by atoms with Crippen LogP contribution in [0.25, 0.3) is 0 Å². The highest BCUT2D eigenvalue weighted by molar-refractivity contribution is 5.96. The van der Waals surface area contributed by atoms with Gasteiger partial charge in [0.2, 0.25) is 0 Å². The van der Waals surface area contributed by atoms with Crippen LogP contribution in [0.4, 0.5) is 11.4 Å². The first-order valence-corrected chi connectivity index (χ1v) is 6.31. The van der Waals surface area contributed by atoms with Gasteiger partial charge >= 0.3 is 0 Å². The van der Waals surface area contributed by atoms with Crippen molar-refractivity contribution in [2.75, 3.05) is 17.3 Å². The molecule has 5 heteroatoms. The predicted octanol–water partition coefficient (Wildman–Crippen LogP) is 2.31. The van der Waals surface area contributed by atoms with Gasteiger partial charge in [0.1, 0.15) is 0 Å². The molecule has 18 heavy (non-hydrogen) atoms. The standard InChI is InChI=1S/C13H18N3O2/c1-2-7-14-11-6-3-9(8-12(11)16-18)13(17)15-10-4-5-10/h3,6,8,10,14,16H,2,4-5,7H2,1H3,(H,15,17)/q-1. The summed E-state index contributed by atoms with van der Waals surface area (Å²) in [7, 11) is 0. The Hall–Kier alpha value is -1.75. The van der Waals surface area contributed by atoms with E-state index in [1.54, 1.807) is 18.2 Å². The molecule has 98 valence electrons. The summed E-state index contributed by atoms with van der Waals surface area (Å²) in [5.41, 5.74) is 3.53. The molecule has 1 amide bonds. The molecule has 0 heterocycles. The highest BCUT2D eigenvalue weighted by atomic mass is 16.5. The molecule has 0 bridgehead atoms. The molecule has 1 aliphatic rings. The van der Waals surface area contributed by atoms with E-state index in [0.29, 0.717) is 17.3 Å². The largest absolute Gasteiger partial charge is 0.761 e. The lowest BCUT2D eigenvalue weighted by Crippen LogP contribution is -2.25. The highest BCUT2D eigenvalue weighted by Crippen LogP contribution is 2.24. The fourth-order valence-corrected chi connectivity index (χ4v) is 1.68. The summed E-state index contributed by atoms with van der Waals surface area (Å²) in [6.07, 6.45) is 3.07. The second-order valence-corrected chi connectivity index (χ2v) is 4.54. The van der Waals surface area contributed by atoms with Crippen LogP contribution in [-0.2, 0) is 0 Å². The minimum absolute atomic E-state index is 0.115. The Morgan fingerprint density at radius 2 is 2.17 bits per heavy atom. The van der Waals surface area contributed by atoms with Crippen LogP contribution in [0.15, 0.2) is 18.2 Å². The summed E-state index contributed by atoms with van der Waals surface area (Å²) in [6.45, 7) is 2.84. The van der Waals surface area contributed by atoms with Gasteiger partial charge in [-0.3, -0.25) is 4.79 Å². The first-order chi connectivity index (χ1) is 8.74. The topological polar surface area (TPSA) is 76.2 Å². The molecule has 1 aliphatic carbocycles. The van der Waals surface area contributed by atoms with Crippen molar-refractivity contribution in [3.05, 3.63) is 29.0 Å². The summed E-state index contributed by atoms with van der Waals surface area (Å²) >= 11 is 0. The van der Waals surface area contributed by atoms with Crippen LogP contribution in [0.5, 0.6) is 0 Å². The van der Waals surface area contributed by atoms with Crippen molar-refractivity contribution in [3.63, 3.8) is 0 Å². The van der Waals surface area contributed by atoms with E-state index in [1.165, 1.54) is 0 Å². The Balaban J connectivity index is 2.09. The normalized spacial score (nSPS) is 14.1. The molecule has 1 aromatic rings. The van der Waals surface area contributed by atoms with Crippen molar-refractivity contribution in [2.45, 2.75) is 32.2 Å². The maximum absolute atomic E-state index is 11.8. The molecule has 3 N–H and O–H groups in total. The summed E-state index contributed by atoms with van der Waals surface area (Å²) in [6, 6.07) is 5.40. The van der Waals surface area contributed by atoms with Crippen molar-refractivity contribution in [2.24, 2.45) is 0 Å². The van der Waals surface area contributed by atoms with Gasteiger partial charge in [0.25, 0.3) is 5.91 Å². The predicted molar refractivity (Wildman–Crippen MR) is 72.7 cm³/mol. The number of hydrogen-bond acceptors (Lipinski definition) is 4. The molecule has 0 atom stereocenters. The highest BCUT2D eigenvalue weighted by Gasteiger charge is 2.23. The average Bonchev–Trinajstić information content (AvgIpc) is 3.19. The van der Waals surface area contributed by atoms with Gasteiger partial charge in [0, 0.05) is 23.8 Å². The third-order valence-corrected chi connectivity index (χ3v) is 2.87. The molecule has 5 nitrogen and oxygen atoms in total. The molecule has 0 unspecified atom stereocenters. The Kier molecular flexibility index (Phi) is 4.04. The number of benzene rings is 1. The van der Waals surface area contributed by atoms with E-state index in [0.717, 1.165) is 31.5 Å². The zero-order valence-corrected chi connectivity index (χ0v) is 10.5. The van der Waals surface area contributed by atoms with Crippen LogP contribution >= 0.6 is 0 Å². The molecule has 2 rings (SSSR count). The second-order valence-electron chi connectivity index (χ2n) is 4.54. The van der Waals surface area contributed by atoms with Crippen molar-refractivity contribution in [3.8, 4) is 0 Å². The Morgan fingerprint density at radius 1 is 1.39 bits per heavy atom. The molecular weight excluding hydrogens is 230 g/mol. The fourth-order valence-electron chi connectivity index (χ4n) is 1.68. The van der Waals surface area contributed by atoms with Crippen LogP contribution in [0, 0.1) is 5.21 Å². The van der Waals surface area contributed by atoms with E-state index in [1.807, 2.05) is 5.48 Å². The van der Waals surface area contributed by atoms with Gasteiger partial charge in [-0.1, -0.05) is 6.92 Å². The number of nitrogens with one attached hydrogen (secondary N) is 3. The van der Waals surface area contributed by atoms with Crippen molar-refractivity contribution >= 4 is 17.3 Å².